The van der Waals surface area contributed by atoms with E-state index < -0.39 is 0 Å². The maximum absolute atomic E-state index is 10.9. The molecule has 108 valence electrons. The Morgan fingerprint density at radius 2 is 1.80 bits per heavy atom. The molecule has 1 unspecified atom stereocenters. The molecule has 1 aromatic rings. The highest BCUT2D eigenvalue weighted by Gasteiger charge is 2.37. The van der Waals surface area contributed by atoms with Crippen LogP contribution in [0, 0.1) is 5.92 Å². The zero-order valence-electron chi connectivity index (χ0n) is 12.0. The fourth-order valence-corrected chi connectivity index (χ4v) is 3.41. The summed E-state index contributed by atoms with van der Waals surface area (Å²) >= 11 is 0. The Kier molecular flexibility index (Phi) is 3.95. The van der Waals surface area contributed by atoms with Gasteiger partial charge in [0.1, 0.15) is 11.9 Å². The quantitative estimate of drug-likeness (QED) is 0.786. The molecule has 1 saturated carbocycles. The lowest BCUT2D eigenvalue weighted by atomic mass is 9.75. The highest BCUT2D eigenvalue weighted by atomic mass is 16.6. The molecule has 1 aliphatic heterocycles. The van der Waals surface area contributed by atoms with Gasteiger partial charge in [-0.15, -0.1) is 0 Å². The number of ether oxygens (including phenoxy) is 2. The maximum Gasteiger partial charge on any atom is 0.309 e. The van der Waals surface area contributed by atoms with Crippen LogP contribution in [0.2, 0.25) is 0 Å². The summed E-state index contributed by atoms with van der Waals surface area (Å²) in [7, 11) is 0. The number of hydrogen-bond acceptors (Lipinski definition) is 3. The molecule has 20 heavy (non-hydrogen) atoms. The molecule has 0 bridgehead atoms. The van der Waals surface area contributed by atoms with Crippen molar-refractivity contribution in [3.63, 3.8) is 0 Å². The van der Waals surface area contributed by atoms with Crippen molar-refractivity contribution in [3.8, 4) is 5.75 Å². The molecule has 0 amide bonds. The lowest BCUT2D eigenvalue weighted by molar-refractivity contribution is -0.176. The van der Waals surface area contributed by atoms with Gasteiger partial charge < -0.3 is 9.47 Å². The number of cyclic esters (lactones) is 1. The Morgan fingerprint density at radius 3 is 2.35 bits per heavy atom. The molecule has 1 saturated heterocycles. The normalized spacial score (nSPS) is 29.4. The van der Waals surface area contributed by atoms with E-state index in [-0.39, 0.29) is 12.1 Å². The zero-order valence-corrected chi connectivity index (χ0v) is 12.0. The van der Waals surface area contributed by atoms with Crippen LogP contribution in [0.15, 0.2) is 24.3 Å². The van der Waals surface area contributed by atoms with Crippen LogP contribution in [0.5, 0.6) is 5.75 Å². The van der Waals surface area contributed by atoms with Gasteiger partial charge in [-0.1, -0.05) is 12.1 Å². The van der Waals surface area contributed by atoms with Crippen LogP contribution >= 0.6 is 0 Å². The molecule has 2 fully saturated rings. The highest BCUT2D eigenvalue weighted by molar-refractivity contribution is 5.75. The van der Waals surface area contributed by atoms with Crippen molar-refractivity contribution in [2.45, 2.75) is 51.0 Å². The van der Waals surface area contributed by atoms with Crippen molar-refractivity contribution in [3.05, 3.63) is 29.8 Å². The molecule has 0 N–H and O–H groups in total. The van der Waals surface area contributed by atoms with E-state index in [0.29, 0.717) is 24.9 Å². The topological polar surface area (TPSA) is 35.5 Å². The first-order valence-corrected chi connectivity index (χ1v) is 7.68. The van der Waals surface area contributed by atoms with Crippen LogP contribution in [0.4, 0.5) is 0 Å². The van der Waals surface area contributed by atoms with E-state index in [2.05, 4.69) is 24.3 Å². The summed E-state index contributed by atoms with van der Waals surface area (Å²) in [5, 5.41) is 0. The average Bonchev–Trinajstić information content (AvgIpc) is 2.46. The molecular formula is C17H22O3. The fourth-order valence-electron chi connectivity index (χ4n) is 3.41. The summed E-state index contributed by atoms with van der Waals surface area (Å²) in [6, 6.07) is 8.52. The third kappa shape index (κ3) is 2.82. The van der Waals surface area contributed by atoms with Crippen LogP contribution in [0.25, 0.3) is 0 Å². The van der Waals surface area contributed by atoms with E-state index in [1.54, 1.807) is 0 Å². The van der Waals surface area contributed by atoms with Crippen molar-refractivity contribution in [1.82, 2.24) is 0 Å². The van der Waals surface area contributed by atoms with Crippen LogP contribution in [0.3, 0.4) is 0 Å². The smallest absolute Gasteiger partial charge is 0.309 e. The van der Waals surface area contributed by atoms with E-state index in [9.17, 15) is 4.79 Å². The van der Waals surface area contributed by atoms with Crippen molar-refractivity contribution < 1.29 is 14.3 Å². The molecule has 1 aliphatic carbocycles. The van der Waals surface area contributed by atoms with E-state index in [1.807, 2.05) is 6.92 Å². The Balaban J connectivity index is 1.53. The molecule has 0 aromatic heterocycles. The molecule has 0 spiro atoms. The Bertz CT molecular complexity index is 450. The predicted molar refractivity (Wildman–Crippen MR) is 76.8 cm³/mol. The van der Waals surface area contributed by atoms with Crippen LogP contribution < -0.4 is 4.74 Å². The van der Waals surface area contributed by atoms with Gasteiger partial charge in [-0.3, -0.25) is 4.79 Å². The van der Waals surface area contributed by atoms with E-state index in [1.165, 1.54) is 31.2 Å². The van der Waals surface area contributed by atoms with Gasteiger partial charge in [-0.25, -0.2) is 0 Å². The van der Waals surface area contributed by atoms with Crippen molar-refractivity contribution in [1.29, 1.82) is 0 Å². The first kappa shape index (κ1) is 13.5. The van der Waals surface area contributed by atoms with Crippen molar-refractivity contribution in [2.75, 3.05) is 6.61 Å². The minimum Gasteiger partial charge on any atom is -0.494 e. The first-order valence-electron chi connectivity index (χ1n) is 7.68. The first-order chi connectivity index (χ1) is 9.76. The lowest BCUT2D eigenvalue weighted by Gasteiger charge is -2.37. The second-order valence-corrected chi connectivity index (χ2v) is 5.85. The van der Waals surface area contributed by atoms with Crippen LogP contribution in [0.1, 0.15) is 50.5 Å². The summed E-state index contributed by atoms with van der Waals surface area (Å²) < 4.78 is 10.7. The van der Waals surface area contributed by atoms with Gasteiger partial charge >= 0.3 is 5.97 Å². The van der Waals surface area contributed by atoms with Gasteiger partial charge in [-0.05, 0) is 62.1 Å². The summed E-state index contributed by atoms with van der Waals surface area (Å²) in [4.78, 5) is 10.9. The second-order valence-electron chi connectivity index (χ2n) is 5.85. The summed E-state index contributed by atoms with van der Waals surface area (Å²) in [5.41, 5.74) is 1.41. The molecular weight excluding hydrogens is 252 g/mol. The fraction of sp³-hybridized carbons (Fsp3) is 0.588. The van der Waals surface area contributed by atoms with Crippen molar-refractivity contribution in [2.24, 2.45) is 5.92 Å². The summed E-state index contributed by atoms with van der Waals surface area (Å²) in [6.07, 6.45) is 5.60. The number of carbonyl (C=O) groups is 1. The standard InChI is InChI=1S/C17H22O3/c1-2-19-15-9-7-13(8-10-15)12-3-5-14(6-4-12)16-11-17(18)20-16/h7-10,12,14,16H,2-6,11H2,1H3. The Hall–Kier alpha value is -1.51. The van der Waals surface area contributed by atoms with Crippen molar-refractivity contribution >= 4 is 5.97 Å². The van der Waals surface area contributed by atoms with Gasteiger partial charge in [0.15, 0.2) is 0 Å². The second kappa shape index (κ2) is 5.86. The molecule has 1 heterocycles. The third-order valence-electron chi connectivity index (χ3n) is 4.61. The number of carbonyl (C=O) groups excluding carboxylic acids is 1. The molecule has 3 nitrogen and oxygen atoms in total. The summed E-state index contributed by atoms with van der Waals surface area (Å²) in [6.45, 7) is 2.72. The predicted octanol–water partition coefficient (Wildman–Crippen LogP) is 3.67. The Morgan fingerprint density at radius 1 is 1.15 bits per heavy atom. The maximum atomic E-state index is 10.9. The summed E-state index contributed by atoms with van der Waals surface area (Å²) in [5.74, 6) is 2.17. The van der Waals surface area contributed by atoms with E-state index in [4.69, 9.17) is 9.47 Å². The monoisotopic (exact) mass is 274 g/mol. The van der Waals surface area contributed by atoms with Gasteiger partial charge in [0.2, 0.25) is 0 Å². The Labute approximate surface area is 120 Å². The minimum absolute atomic E-state index is 0.0244. The van der Waals surface area contributed by atoms with E-state index in [0.717, 1.165) is 5.75 Å². The van der Waals surface area contributed by atoms with Crippen LogP contribution in [-0.4, -0.2) is 18.7 Å². The van der Waals surface area contributed by atoms with Gasteiger partial charge in [0.05, 0.1) is 13.0 Å². The SMILES string of the molecule is CCOc1ccc(C2CCC(C3CC(=O)O3)CC2)cc1. The van der Waals surface area contributed by atoms with Gasteiger partial charge in [0, 0.05) is 0 Å². The average molecular weight is 274 g/mol. The molecule has 2 aliphatic rings. The lowest BCUT2D eigenvalue weighted by Crippen LogP contribution is -2.40. The highest BCUT2D eigenvalue weighted by Crippen LogP contribution is 2.40. The number of benzene rings is 1. The molecule has 3 rings (SSSR count). The number of esters is 1. The van der Waals surface area contributed by atoms with Gasteiger partial charge in [-0.2, -0.15) is 0 Å². The number of rotatable bonds is 4. The third-order valence-corrected chi connectivity index (χ3v) is 4.61. The van der Waals surface area contributed by atoms with Gasteiger partial charge in [0.25, 0.3) is 0 Å². The largest absolute Gasteiger partial charge is 0.494 e. The molecule has 1 atom stereocenters. The zero-order chi connectivity index (χ0) is 13.9. The van der Waals surface area contributed by atoms with E-state index >= 15 is 0 Å². The molecule has 0 radical (unpaired) electrons. The molecule has 1 aromatic carbocycles. The molecule has 3 heteroatoms. The number of hydrogen-bond donors (Lipinski definition) is 0. The minimum atomic E-state index is -0.0244. The van der Waals surface area contributed by atoms with Crippen LogP contribution in [-0.2, 0) is 9.53 Å².